The molecule has 2 aromatic rings. The molecule has 0 spiro atoms. The molecule has 0 fully saturated rings. The Labute approximate surface area is 153 Å². The number of nitrogens with one attached hydrogen (secondary N) is 1. The summed E-state index contributed by atoms with van der Waals surface area (Å²) in [5, 5.41) is 4.85. The van der Waals surface area contributed by atoms with Gasteiger partial charge < -0.3 is 10.2 Å². The van der Waals surface area contributed by atoms with E-state index in [1.165, 1.54) is 0 Å². The van der Waals surface area contributed by atoms with Crippen molar-refractivity contribution in [3.8, 4) is 0 Å². The molecule has 0 saturated heterocycles. The summed E-state index contributed by atoms with van der Waals surface area (Å²) < 4.78 is 24.6. The average Bonchev–Trinajstić information content (AvgIpc) is 3.07. The molecule has 0 aliphatic heterocycles. The largest absolute Gasteiger partial charge is 0.354 e. The average molecular weight is 381 g/mol. The third-order valence-electron chi connectivity index (χ3n) is 3.97. The minimum Gasteiger partial charge on any atom is -0.354 e. The lowest BCUT2D eigenvalue weighted by Gasteiger charge is -2.23. The van der Waals surface area contributed by atoms with Crippen molar-refractivity contribution in [1.29, 1.82) is 0 Å². The summed E-state index contributed by atoms with van der Waals surface area (Å²) >= 11 is 1.64. The molecule has 0 radical (unpaired) electrons. The fourth-order valence-electron chi connectivity index (χ4n) is 2.41. The first-order valence-corrected chi connectivity index (χ1v) is 10.6. The predicted molar refractivity (Wildman–Crippen MR) is 102 cm³/mol. The zero-order chi connectivity index (χ0) is 18.4. The summed E-state index contributed by atoms with van der Waals surface area (Å²) in [7, 11) is 0.474. The van der Waals surface area contributed by atoms with Gasteiger partial charge in [0, 0.05) is 17.8 Å². The van der Waals surface area contributed by atoms with Crippen molar-refractivity contribution in [3.63, 3.8) is 0 Å². The van der Waals surface area contributed by atoms with Crippen molar-refractivity contribution >= 4 is 27.1 Å². The van der Waals surface area contributed by atoms with Crippen LogP contribution >= 0.6 is 11.3 Å². The van der Waals surface area contributed by atoms with Crippen LogP contribution in [0.3, 0.4) is 0 Å². The maximum absolute atomic E-state index is 12.3. The van der Waals surface area contributed by atoms with Crippen LogP contribution in [-0.2, 0) is 14.6 Å². The van der Waals surface area contributed by atoms with E-state index in [0.717, 1.165) is 10.4 Å². The molecule has 0 bridgehead atoms. The maximum Gasteiger partial charge on any atom is 0.221 e. The number of amides is 1. The standard InChI is InChI=1S/C18H24N2O3S2/c1-14-6-8-15(9-7-14)25(22,23)12-10-18(21)19-13-16(20(2)3)17-5-4-11-24-17/h4-9,11,16H,10,12-13H2,1-3H3,(H,19,21). The van der Waals surface area contributed by atoms with E-state index >= 15 is 0 Å². The third-order valence-corrected chi connectivity index (χ3v) is 6.67. The van der Waals surface area contributed by atoms with E-state index in [2.05, 4.69) is 5.32 Å². The Morgan fingerprint density at radius 3 is 2.44 bits per heavy atom. The van der Waals surface area contributed by atoms with Gasteiger partial charge >= 0.3 is 0 Å². The Hall–Kier alpha value is -1.70. The van der Waals surface area contributed by atoms with Gasteiger partial charge in [-0.2, -0.15) is 0 Å². The Balaban J connectivity index is 1.88. The van der Waals surface area contributed by atoms with E-state index in [1.54, 1.807) is 35.6 Å². The number of carbonyl (C=O) groups excluding carboxylic acids is 1. The summed E-state index contributed by atoms with van der Waals surface area (Å²) in [6.45, 7) is 2.36. The second kappa shape index (κ2) is 8.60. The van der Waals surface area contributed by atoms with Crippen molar-refractivity contribution in [2.45, 2.75) is 24.3 Å². The fraction of sp³-hybridized carbons (Fsp3) is 0.389. The second-order valence-corrected chi connectivity index (χ2v) is 9.27. The monoisotopic (exact) mass is 380 g/mol. The lowest BCUT2D eigenvalue weighted by Crippen LogP contribution is -2.34. The molecule has 1 heterocycles. The SMILES string of the molecule is Cc1ccc(S(=O)(=O)CCC(=O)NCC(c2cccs2)N(C)C)cc1. The van der Waals surface area contributed by atoms with Crippen molar-refractivity contribution in [2.24, 2.45) is 0 Å². The number of likely N-dealkylation sites (N-methyl/N-ethyl adjacent to an activating group) is 1. The number of benzene rings is 1. The highest BCUT2D eigenvalue weighted by atomic mass is 32.2. The summed E-state index contributed by atoms with van der Waals surface area (Å²) in [4.78, 5) is 15.5. The Bertz CT molecular complexity index is 782. The zero-order valence-electron chi connectivity index (χ0n) is 14.7. The maximum atomic E-state index is 12.3. The van der Waals surface area contributed by atoms with Crippen LogP contribution in [-0.4, -0.2) is 45.6 Å². The molecule has 0 aliphatic carbocycles. The second-order valence-electron chi connectivity index (χ2n) is 6.18. The smallest absolute Gasteiger partial charge is 0.221 e. The molecule has 1 unspecified atom stereocenters. The zero-order valence-corrected chi connectivity index (χ0v) is 16.4. The molecular weight excluding hydrogens is 356 g/mol. The summed E-state index contributed by atoms with van der Waals surface area (Å²) in [5.41, 5.74) is 1.000. The van der Waals surface area contributed by atoms with E-state index in [9.17, 15) is 13.2 Å². The third kappa shape index (κ3) is 5.66. The summed E-state index contributed by atoms with van der Waals surface area (Å²) in [6.07, 6.45) is -0.0409. The molecule has 1 N–H and O–H groups in total. The first-order chi connectivity index (χ1) is 11.8. The van der Waals surface area contributed by atoms with Crippen LogP contribution in [0.2, 0.25) is 0 Å². The van der Waals surface area contributed by atoms with Crippen LogP contribution in [0.4, 0.5) is 0 Å². The highest BCUT2D eigenvalue weighted by Crippen LogP contribution is 2.22. The Morgan fingerprint density at radius 2 is 1.88 bits per heavy atom. The van der Waals surface area contributed by atoms with Gasteiger partial charge in [0.25, 0.3) is 0 Å². The normalized spacial score (nSPS) is 13.0. The molecule has 136 valence electrons. The minimum absolute atomic E-state index is 0.0409. The van der Waals surface area contributed by atoms with Gasteiger partial charge in [0.1, 0.15) is 0 Å². The molecule has 1 aromatic heterocycles. The quantitative estimate of drug-likeness (QED) is 0.765. The Kier molecular flexibility index (Phi) is 6.75. The molecule has 2 rings (SSSR count). The van der Waals surface area contributed by atoms with Gasteiger partial charge in [0.15, 0.2) is 9.84 Å². The van der Waals surface area contributed by atoms with Gasteiger partial charge in [0.05, 0.1) is 16.7 Å². The minimum atomic E-state index is -3.44. The van der Waals surface area contributed by atoms with Crippen molar-refractivity contribution in [2.75, 3.05) is 26.4 Å². The lowest BCUT2D eigenvalue weighted by atomic mass is 10.2. The van der Waals surface area contributed by atoms with Crippen molar-refractivity contribution in [1.82, 2.24) is 10.2 Å². The summed E-state index contributed by atoms with van der Waals surface area (Å²) in [5.74, 6) is -0.438. The van der Waals surface area contributed by atoms with E-state index in [-0.39, 0.29) is 29.0 Å². The number of aryl methyl sites for hydroxylation is 1. The highest BCUT2D eigenvalue weighted by molar-refractivity contribution is 7.91. The van der Waals surface area contributed by atoms with E-state index in [0.29, 0.717) is 6.54 Å². The van der Waals surface area contributed by atoms with Gasteiger partial charge in [-0.1, -0.05) is 23.8 Å². The van der Waals surface area contributed by atoms with Gasteiger partial charge in [-0.15, -0.1) is 11.3 Å². The highest BCUT2D eigenvalue weighted by Gasteiger charge is 2.19. The Morgan fingerprint density at radius 1 is 1.20 bits per heavy atom. The number of sulfone groups is 1. The molecule has 1 amide bonds. The number of thiophene rings is 1. The van der Waals surface area contributed by atoms with Crippen molar-refractivity contribution in [3.05, 3.63) is 52.2 Å². The predicted octanol–water partition coefficient (Wildman–Crippen LogP) is 2.64. The summed E-state index contributed by atoms with van der Waals surface area (Å²) in [6, 6.07) is 10.8. The number of nitrogens with zero attached hydrogens (tertiary/aromatic N) is 1. The lowest BCUT2D eigenvalue weighted by molar-refractivity contribution is -0.120. The van der Waals surface area contributed by atoms with Gasteiger partial charge in [-0.05, 0) is 44.6 Å². The number of rotatable bonds is 8. The van der Waals surface area contributed by atoms with Crippen molar-refractivity contribution < 1.29 is 13.2 Å². The number of hydrogen-bond donors (Lipinski definition) is 1. The number of carbonyl (C=O) groups is 1. The van der Waals surface area contributed by atoms with Crippen LogP contribution < -0.4 is 5.32 Å². The van der Waals surface area contributed by atoms with Crippen LogP contribution in [0.5, 0.6) is 0 Å². The van der Waals surface area contributed by atoms with E-state index in [1.807, 2.05) is 43.4 Å². The molecule has 0 aliphatic rings. The van der Waals surface area contributed by atoms with Crippen LogP contribution in [0, 0.1) is 6.92 Å². The topological polar surface area (TPSA) is 66.5 Å². The molecule has 5 nitrogen and oxygen atoms in total. The molecule has 1 atom stereocenters. The molecule has 7 heteroatoms. The van der Waals surface area contributed by atoms with Crippen LogP contribution in [0.25, 0.3) is 0 Å². The molecule has 0 saturated carbocycles. The first-order valence-electron chi connectivity index (χ1n) is 8.05. The van der Waals surface area contributed by atoms with Gasteiger partial charge in [0.2, 0.25) is 5.91 Å². The van der Waals surface area contributed by atoms with Crippen LogP contribution in [0.1, 0.15) is 22.9 Å². The number of hydrogen-bond acceptors (Lipinski definition) is 5. The van der Waals surface area contributed by atoms with E-state index < -0.39 is 9.84 Å². The van der Waals surface area contributed by atoms with Crippen LogP contribution in [0.15, 0.2) is 46.7 Å². The first kappa shape index (κ1) is 19.6. The fourth-order valence-corrected chi connectivity index (χ4v) is 4.57. The molecular formula is C18H24N2O3S2. The molecule has 1 aromatic carbocycles. The van der Waals surface area contributed by atoms with E-state index in [4.69, 9.17) is 0 Å². The van der Waals surface area contributed by atoms with Gasteiger partial charge in [-0.3, -0.25) is 4.79 Å². The van der Waals surface area contributed by atoms with Gasteiger partial charge in [-0.25, -0.2) is 8.42 Å². The molecule has 25 heavy (non-hydrogen) atoms.